The molecule has 0 saturated heterocycles. The lowest BCUT2D eigenvalue weighted by Crippen LogP contribution is -2.30. The Hall–Kier alpha value is -0.900. The Labute approximate surface area is 118 Å². The van der Waals surface area contributed by atoms with Crippen LogP contribution in [-0.2, 0) is 0 Å². The first-order valence-electron chi connectivity index (χ1n) is 6.82. The van der Waals surface area contributed by atoms with Gasteiger partial charge in [-0.3, -0.25) is 5.84 Å². The Kier molecular flexibility index (Phi) is 5.37. The van der Waals surface area contributed by atoms with Crippen molar-refractivity contribution in [2.45, 2.75) is 44.6 Å². The number of rotatable bonds is 3. The number of allylic oxidation sites excluding steroid dienone is 1. The van der Waals surface area contributed by atoms with Crippen molar-refractivity contribution in [2.75, 3.05) is 0 Å². The van der Waals surface area contributed by atoms with E-state index < -0.39 is 0 Å². The molecule has 4 heteroatoms. The lowest BCUT2D eigenvalue weighted by Gasteiger charge is -2.22. The van der Waals surface area contributed by atoms with Crippen LogP contribution >= 0.6 is 11.6 Å². The normalized spacial score (nSPS) is 21.1. The van der Waals surface area contributed by atoms with Gasteiger partial charge in [-0.15, -0.1) is 0 Å². The molecule has 0 aliphatic heterocycles. The van der Waals surface area contributed by atoms with Crippen molar-refractivity contribution in [2.24, 2.45) is 5.84 Å². The Balaban J connectivity index is 2.27. The Morgan fingerprint density at radius 2 is 2.00 bits per heavy atom. The summed E-state index contributed by atoms with van der Waals surface area (Å²) in [4.78, 5) is 0. The SMILES string of the molecule is NNC(/C1=C/CCCCCC1)c1ccc(Cl)cc1F. The molecule has 0 amide bonds. The largest absolute Gasteiger partial charge is 0.271 e. The molecule has 0 spiro atoms. The maximum absolute atomic E-state index is 14.0. The van der Waals surface area contributed by atoms with E-state index in [0.717, 1.165) is 19.3 Å². The van der Waals surface area contributed by atoms with Crippen molar-refractivity contribution in [3.8, 4) is 0 Å². The van der Waals surface area contributed by atoms with E-state index in [1.807, 2.05) is 0 Å². The van der Waals surface area contributed by atoms with Crippen LogP contribution in [0.4, 0.5) is 4.39 Å². The highest BCUT2D eigenvalue weighted by molar-refractivity contribution is 6.30. The molecule has 1 unspecified atom stereocenters. The first-order chi connectivity index (χ1) is 9.22. The van der Waals surface area contributed by atoms with Gasteiger partial charge in [0.05, 0.1) is 6.04 Å². The lowest BCUT2D eigenvalue weighted by molar-refractivity contribution is 0.525. The summed E-state index contributed by atoms with van der Waals surface area (Å²) in [5, 5.41) is 0.406. The molecule has 0 bridgehead atoms. The molecular formula is C15H20ClFN2. The van der Waals surface area contributed by atoms with Crippen molar-refractivity contribution in [3.05, 3.63) is 46.3 Å². The zero-order valence-corrected chi connectivity index (χ0v) is 11.7. The zero-order chi connectivity index (χ0) is 13.7. The molecule has 0 heterocycles. The molecule has 0 saturated carbocycles. The van der Waals surface area contributed by atoms with Crippen LogP contribution in [0.2, 0.25) is 5.02 Å². The van der Waals surface area contributed by atoms with E-state index in [1.165, 1.54) is 30.9 Å². The summed E-state index contributed by atoms with van der Waals surface area (Å²) in [7, 11) is 0. The van der Waals surface area contributed by atoms with Gasteiger partial charge in [0.25, 0.3) is 0 Å². The van der Waals surface area contributed by atoms with E-state index in [2.05, 4.69) is 11.5 Å². The fourth-order valence-corrected chi connectivity index (χ4v) is 2.77. The average molecular weight is 283 g/mol. The molecule has 1 atom stereocenters. The van der Waals surface area contributed by atoms with E-state index in [4.69, 9.17) is 17.4 Å². The van der Waals surface area contributed by atoms with Gasteiger partial charge in [-0.2, -0.15) is 0 Å². The van der Waals surface area contributed by atoms with Crippen LogP contribution in [0.15, 0.2) is 29.8 Å². The molecule has 104 valence electrons. The zero-order valence-electron chi connectivity index (χ0n) is 11.0. The highest BCUT2D eigenvalue weighted by Crippen LogP contribution is 2.30. The molecule has 19 heavy (non-hydrogen) atoms. The van der Waals surface area contributed by atoms with Crippen molar-refractivity contribution in [1.82, 2.24) is 5.43 Å². The molecule has 3 N–H and O–H groups in total. The van der Waals surface area contributed by atoms with Gasteiger partial charge in [-0.05, 0) is 37.8 Å². The van der Waals surface area contributed by atoms with Crippen molar-refractivity contribution in [3.63, 3.8) is 0 Å². The van der Waals surface area contributed by atoms with Gasteiger partial charge in [0, 0.05) is 10.6 Å². The van der Waals surface area contributed by atoms with Crippen LogP contribution < -0.4 is 11.3 Å². The topological polar surface area (TPSA) is 38.0 Å². The summed E-state index contributed by atoms with van der Waals surface area (Å²) in [6.45, 7) is 0. The number of hydrogen-bond donors (Lipinski definition) is 2. The van der Waals surface area contributed by atoms with Crippen LogP contribution in [0, 0.1) is 5.82 Å². The number of halogens is 2. The molecule has 0 radical (unpaired) electrons. The fraction of sp³-hybridized carbons (Fsp3) is 0.467. The minimum atomic E-state index is -0.307. The van der Waals surface area contributed by atoms with Crippen LogP contribution in [0.3, 0.4) is 0 Å². The van der Waals surface area contributed by atoms with E-state index in [9.17, 15) is 4.39 Å². The van der Waals surface area contributed by atoms with Gasteiger partial charge in [-0.1, -0.05) is 42.2 Å². The molecule has 0 aromatic heterocycles. The summed E-state index contributed by atoms with van der Waals surface area (Å²) in [5.74, 6) is 5.34. The predicted octanol–water partition coefficient (Wildman–Crippen LogP) is 4.26. The van der Waals surface area contributed by atoms with E-state index >= 15 is 0 Å². The molecule has 2 rings (SSSR count). The summed E-state index contributed by atoms with van der Waals surface area (Å²) in [5.41, 5.74) is 4.50. The number of hydrogen-bond acceptors (Lipinski definition) is 2. The first-order valence-corrected chi connectivity index (χ1v) is 7.20. The molecule has 1 aromatic rings. The van der Waals surface area contributed by atoms with E-state index in [1.54, 1.807) is 12.1 Å². The van der Waals surface area contributed by atoms with Gasteiger partial charge in [0.15, 0.2) is 0 Å². The second-order valence-electron chi connectivity index (χ2n) is 5.00. The number of nitrogens with two attached hydrogens (primary N) is 1. The molecule has 1 aromatic carbocycles. The van der Waals surface area contributed by atoms with Gasteiger partial charge >= 0.3 is 0 Å². The van der Waals surface area contributed by atoms with Crippen LogP contribution in [0.5, 0.6) is 0 Å². The Morgan fingerprint density at radius 3 is 2.74 bits per heavy atom. The maximum Gasteiger partial charge on any atom is 0.129 e. The molecular weight excluding hydrogens is 263 g/mol. The third-order valence-corrected chi connectivity index (χ3v) is 3.87. The molecule has 1 aliphatic rings. The van der Waals surface area contributed by atoms with Gasteiger partial charge in [-0.25, -0.2) is 9.82 Å². The molecule has 1 aliphatic carbocycles. The molecule has 0 fully saturated rings. The predicted molar refractivity (Wildman–Crippen MR) is 77.3 cm³/mol. The second kappa shape index (κ2) is 7.04. The smallest absolute Gasteiger partial charge is 0.129 e. The quantitative estimate of drug-likeness (QED) is 0.494. The Bertz CT molecular complexity index is 459. The second-order valence-corrected chi connectivity index (χ2v) is 5.43. The lowest BCUT2D eigenvalue weighted by atomic mass is 9.91. The summed E-state index contributed by atoms with van der Waals surface area (Å²) in [6.07, 6.45) is 9.07. The third kappa shape index (κ3) is 3.78. The minimum Gasteiger partial charge on any atom is -0.271 e. The molecule has 2 nitrogen and oxygen atoms in total. The fourth-order valence-electron chi connectivity index (χ4n) is 2.61. The first kappa shape index (κ1) is 14.5. The highest BCUT2D eigenvalue weighted by atomic mass is 35.5. The average Bonchev–Trinajstić information content (AvgIpc) is 2.34. The minimum absolute atomic E-state index is 0.254. The number of nitrogens with one attached hydrogen (secondary N) is 1. The van der Waals surface area contributed by atoms with Gasteiger partial charge < -0.3 is 0 Å². The van der Waals surface area contributed by atoms with E-state index in [-0.39, 0.29) is 11.9 Å². The summed E-state index contributed by atoms with van der Waals surface area (Å²) < 4.78 is 14.0. The van der Waals surface area contributed by atoms with Crippen LogP contribution in [0.25, 0.3) is 0 Å². The third-order valence-electron chi connectivity index (χ3n) is 3.64. The van der Waals surface area contributed by atoms with Crippen molar-refractivity contribution < 1.29 is 4.39 Å². The van der Waals surface area contributed by atoms with Crippen molar-refractivity contribution in [1.29, 1.82) is 0 Å². The monoisotopic (exact) mass is 282 g/mol. The summed E-state index contributed by atoms with van der Waals surface area (Å²) >= 11 is 5.79. The maximum atomic E-state index is 14.0. The van der Waals surface area contributed by atoms with Gasteiger partial charge in [0.2, 0.25) is 0 Å². The standard InChI is InChI=1S/C15H20ClFN2/c16-12-8-9-13(14(17)10-12)15(19-18)11-6-4-2-1-3-5-7-11/h6,8-10,15,19H,1-5,7,18H2/b11-6+. The van der Waals surface area contributed by atoms with Crippen LogP contribution in [-0.4, -0.2) is 0 Å². The highest BCUT2D eigenvalue weighted by Gasteiger charge is 2.19. The van der Waals surface area contributed by atoms with Crippen molar-refractivity contribution >= 4 is 11.6 Å². The Morgan fingerprint density at radius 1 is 1.21 bits per heavy atom. The summed E-state index contributed by atoms with van der Waals surface area (Å²) in [6, 6.07) is 4.50. The number of hydrazine groups is 1. The van der Waals surface area contributed by atoms with E-state index in [0.29, 0.717) is 10.6 Å². The number of benzene rings is 1. The van der Waals surface area contributed by atoms with Gasteiger partial charge in [0.1, 0.15) is 5.82 Å². The van der Waals surface area contributed by atoms with Crippen LogP contribution in [0.1, 0.15) is 50.1 Å².